The van der Waals surface area contributed by atoms with Crippen molar-refractivity contribution < 1.29 is 23.5 Å². The first-order chi connectivity index (χ1) is 21.1. The van der Waals surface area contributed by atoms with Crippen molar-refractivity contribution in [2.75, 3.05) is 19.6 Å². The maximum atomic E-state index is 14.3. The number of allylic oxidation sites excluding steroid dienone is 2. The molecule has 0 spiro atoms. The molecule has 0 aliphatic heterocycles. The lowest BCUT2D eigenvalue weighted by atomic mass is 9.63. The zero-order chi connectivity index (χ0) is 31.9. The Balaban J connectivity index is 1.65. The summed E-state index contributed by atoms with van der Waals surface area (Å²) in [5.74, 6) is -3.32. The summed E-state index contributed by atoms with van der Waals surface area (Å²) in [6, 6.07) is 12.9. The van der Waals surface area contributed by atoms with Crippen LogP contribution in [0.5, 0.6) is 0 Å². The van der Waals surface area contributed by atoms with Gasteiger partial charge in [0.2, 0.25) is 11.8 Å². The Morgan fingerprint density at radius 1 is 1.07 bits per heavy atom. The normalized spacial score (nSPS) is 18.0. The van der Waals surface area contributed by atoms with Crippen LogP contribution in [-0.2, 0) is 22.6 Å². The van der Waals surface area contributed by atoms with Gasteiger partial charge < -0.3 is 21.1 Å². The second-order valence-electron chi connectivity index (χ2n) is 11.8. The minimum absolute atomic E-state index is 0.0312. The molecule has 3 aromatic rings. The smallest absolute Gasteiger partial charge is 0.249 e. The molecular weight excluding hydrogens is 562 g/mol. The van der Waals surface area contributed by atoms with Gasteiger partial charge in [-0.2, -0.15) is 0 Å². The number of carbonyl (C=O) groups excluding carboxylic acids is 2. The van der Waals surface area contributed by atoms with E-state index in [1.54, 1.807) is 30.2 Å². The van der Waals surface area contributed by atoms with Gasteiger partial charge in [-0.15, -0.1) is 0 Å². The average molecular weight is 605 g/mol. The maximum Gasteiger partial charge on any atom is 0.249 e. The fraction of sp³-hybridized carbons (Fsp3) is 0.400. The Morgan fingerprint density at radius 3 is 2.41 bits per heavy atom. The van der Waals surface area contributed by atoms with Crippen LogP contribution in [0.3, 0.4) is 0 Å². The maximum absolute atomic E-state index is 14.3. The number of nitrogens with one attached hydrogen (secondary N) is 1. The molecule has 0 saturated carbocycles. The molecule has 2 aromatic carbocycles. The molecule has 234 valence electrons. The number of halogens is 2. The van der Waals surface area contributed by atoms with Gasteiger partial charge in [0.1, 0.15) is 11.6 Å². The lowest BCUT2D eigenvalue weighted by molar-refractivity contribution is -0.132. The number of carbonyl (C=O) groups is 2. The fourth-order valence-electron chi connectivity index (χ4n) is 6.28. The van der Waals surface area contributed by atoms with Gasteiger partial charge in [0.15, 0.2) is 0 Å². The third-order valence-corrected chi connectivity index (χ3v) is 8.21. The zero-order valence-electron chi connectivity index (χ0n) is 25.7. The monoisotopic (exact) mass is 604 g/mol. The first kappa shape index (κ1) is 33.0. The van der Waals surface area contributed by atoms with Gasteiger partial charge in [-0.3, -0.25) is 14.6 Å². The predicted octanol–water partition coefficient (Wildman–Crippen LogP) is 5.22. The van der Waals surface area contributed by atoms with E-state index in [1.165, 1.54) is 12.1 Å². The van der Waals surface area contributed by atoms with Crippen LogP contribution in [0, 0.1) is 23.0 Å². The van der Waals surface area contributed by atoms with Crippen LogP contribution in [-0.4, -0.2) is 52.5 Å². The SMILES string of the molecule is CCCN(CCC)C(=O)C1=CC(C)=CC(C(N)=O)([C@H](Cc2cc(F)cc(F)c2)[C@@H](O)CNCc2cnc3ccccc3c2)C1. The second-order valence-corrected chi connectivity index (χ2v) is 11.8. The standard InChI is InChI=1S/C35H42F2N4O3/c1-4-10-41(11-5-2)33(43)27-12-23(3)18-35(19-27,34(38)44)30(16-24-14-28(36)17-29(37)15-24)32(42)22-39-20-25-13-26-8-6-7-9-31(26)40-21-25/h6-9,12-15,17-18,21,30,32,39,42H,4-5,10-11,16,19-20,22H2,1-3H3,(H2,38,44)/t30-,32+,35?/m1/s1. The van der Waals surface area contributed by atoms with Crippen molar-refractivity contribution >= 4 is 22.7 Å². The van der Waals surface area contributed by atoms with E-state index in [0.29, 0.717) is 30.8 Å². The van der Waals surface area contributed by atoms with Gasteiger partial charge in [0, 0.05) is 55.3 Å². The summed E-state index contributed by atoms with van der Waals surface area (Å²) in [6.07, 6.45) is 5.54. The molecule has 1 aromatic heterocycles. The summed E-state index contributed by atoms with van der Waals surface area (Å²) in [6.45, 7) is 7.36. The quantitative estimate of drug-likeness (QED) is 0.234. The summed E-state index contributed by atoms with van der Waals surface area (Å²) >= 11 is 0. The minimum atomic E-state index is -1.48. The van der Waals surface area contributed by atoms with Crippen LogP contribution >= 0.6 is 0 Å². The van der Waals surface area contributed by atoms with E-state index in [4.69, 9.17) is 5.73 Å². The first-order valence-corrected chi connectivity index (χ1v) is 15.2. The van der Waals surface area contributed by atoms with E-state index in [2.05, 4.69) is 10.3 Å². The lowest BCUT2D eigenvalue weighted by Crippen LogP contribution is -2.51. The number of aliphatic hydroxyl groups is 1. The van der Waals surface area contributed by atoms with Gasteiger partial charge in [-0.1, -0.05) is 49.8 Å². The van der Waals surface area contributed by atoms with E-state index in [9.17, 15) is 23.5 Å². The highest BCUT2D eigenvalue weighted by atomic mass is 19.1. The van der Waals surface area contributed by atoms with E-state index >= 15 is 0 Å². The molecule has 0 bridgehead atoms. The molecule has 2 amide bonds. The molecule has 0 saturated heterocycles. The van der Waals surface area contributed by atoms with Gasteiger partial charge >= 0.3 is 0 Å². The van der Waals surface area contributed by atoms with E-state index in [0.717, 1.165) is 35.4 Å². The van der Waals surface area contributed by atoms with Crippen molar-refractivity contribution in [2.24, 2.45) is 17.1 Å². The Kier molecular flexibility index (Phi) is 11.0. The number of primary amides is 1. The molecule has 0 fully saturated rings. The summed E-state index contributed by atoms with van der Waals surface area (Å²) in [5, 5.41) is 15.9. The van der Waals surface area contributed by atoms with Crippen LogP contribution in [0.15, 0.2) is 78.0 Å². The molecule has 1 aliphatic carbocycles. The number of benzene rings is 2. The number of nitrogens with two attached hydrogens (primary N) is 1. The molecule has 44 heavy (non-hydrogen) atoms. The number of aromatic nitrogens is 1. The summed E-state index contributed by atoms with van der Waals surface area (Å²) < 4.78 is 28.5. The predicted molar refractivity (Wildman–Crippen MR) is 168 cm³/mol. The first-order valence-electron chi connectivity index (χ1n) is 15.2. The molecule has 0 radical (unpaired) electrons. The molecule has 9 heteroatoms. The van der Waals surface area contributed by atoms with Crippen LogP contribution in [0.25, 0.3) is 10.9 Å². The van der Waals surface area contributed by atoms with E-state index in [1.807, 2.05) is 44.2 Å². The van der Waals surface area contributed by atoms with Crippen LogP contribution in [0.4, 0.5) is 8.78 Å². The summed E-state index contributed by atoms with van der Waals surface area (Å²) in [4.78, 5) is 33.4. The van der Waals surface area contributed by atoms with Gasteiger partial charge in [0.25, 0.3) is 0 Å². The number of pyridine rings is 1. The number of amides is 2. The van der Waals surface area contributed by atoms with E-state index in [-0.39, 0.29) is 30.9 Å². The molecule has 4 N–H and O–H groups in total. The van der Waals surface area contributed by atoms with Crippen molar-refractivity contribution in [3.8, 4) is 0 Å². The van der Waals surface area contributed by atoms with Crippen LogP contribution < -0.4 is 11.1 Å². The molecule has 1 unspecified atom stereocenters. The number of nitrogens with zero attached hydrogens (tertiary/aromatic N) is 2. The minimum Gasteiger partial charge on any atom is -0.391 e. The second kappa shape index (κ2) is 14.7. The highest BCUT2D eigenvalue weighted by Crippen LogP contribution is 2.44. The van der Waals surface area contributed by atoms with Crippen molar-refractivity contribution in [3.63, 3.8) is 0 Å². The number of hydrogen-bond acceptors (Lipinski definition) is 5. The van der Waals surface area contributed by atoms with Crippen LogP contribution in [0.1, 0.15) is 51.2 Å². The van der Waals surface area contributed by atoms with Crippen molar-refractivity contribution in [2.45, 2.75) is 59.1 Å². The lowest BCUT2D eigenvalue weighted by Gasteiger charge is -2.42. The number of hydrogen-bond donors (Lipinski definition) is 3. The van der Waals surface area contributed by atoms with Crippen molar-refractivity contribution in [1.82, 2.24) is 15.2 Å². The topological polar surface area (TPSA) is 109 Å². The molecule has 1 heterocycles. The average Bonchev–Trinajstić information content (AvgIpc) is 2.98. The summed E-state index contributed by atoms with van der Waals surface area (Å²) in [7, 11) is 0. The highest BCUT2D eigenvalue weighted by molar-refractivity contribution is 5.97. The Labute approximate surface area is 257 Å². The Morgan fingerprint density at radius 2 is 1.75 bits per heavy atom. The molecule has 4 rings (SSSR count). The number of aliphatic hydroxyl groups excluding tert-OH is 1. The zero-order valence-corrected chi connectivity index (χ0v) is 25.7. The van der Waals surface area contributed by atoms with Crippen LogP contribution in [0.2, 0.25) is 0 Å². The van der Waals surface area contributed by atoms with E-state index < -0.39 is 35.0 Å². The third-order valence-electron chi connectivity index (χ3n) is 8.21. The molecule has 1 aliphatic rings. The fourth-order valence-corrected chi connectivity index (χ4v) is 6.28. The largest absolute Gasteiger partial charge is 0.391 e. The number of fused-ring (bicyclic) bond motifs is 1. The summed E-state index contributed by atoms with van der Waals surface area (Å²) in [5.41, 5.74) is 7.76. The molecule has 7 nitrogen and oxygen atoms in total. The third kappa shape index (κ3) is 7.76. The highest BCUT2D eigenvalue weighted by Gasteiger charge is 2.48. The van der Waals surface area contributed by atoms with Crippen molar-refractivity contribution in [3.05, 3.63) is 101 Å². The Bertz CT molecular complexity index is 1530. The van der Waals surface area contributed by atoms with Gasteiger partial charge in [-0.05, 0) is 68.0 Å². The molecule has 3 atom stereocenters. The van der Waals surface area contributed by atoms with Gasteiger partial charge in [0.05, 0.1) is 17.0 Å². The number of rotatable bonds is 14. The Hall–Kier alpha value is -3.95. The van der Waals surface area contributed by atoms with Gasteiger partial charge in [-0.25, -0.2) is 8.78 Å². The van der Waals surface area contributed by atoms with Crippen molar-refractivity contribution in [1.29, 1.82) is 0 Å². The number of para-hydroxylation sites is 1. The molecular formula is C35H42F2N4O3.